The average Bonchev–Trinajstić information content (AvgIpc) is 2.50. The van der Waals surface area contributed by atoms with Crippen LogP contribution in [0.15, 0.2) is 18.2 Å². The Bertz CT molecular complexity index is 518. The zero-order valence-corrected chi connectivity index (χ0v) is 14.3. The second-order valence-corrected chi connectivity index (χ2v) is 7.19. The molecule has 0 aromatic heterocycles. The van der Waals surface area contributed by atoms with Crippen LogP contribution in [-0.4, -0.2) is 16.2 Å². The van der Waals surface area contributed by atoms with E-state index in [0.717, 1.165) is 32.1 Å². The van der Waals surface area contributed by atoms with Gasteiger partial charge < -0.3 is 10.8 Å². The summed E-state index contributed by atoms with van der Waals surface area (Å²) >= 11 is 5.99. The van der Waals surface area contributed by atoms with Crippen molar-refractivity contribution < 1.29 is 9.50 Å². The predicted octanol–water partition coefficient (Wildman–Crippen LogP) is 4.46. The van der Waals surface area contributed by atoms with Crippen LogP contribution in [0.2, 0.25) is 5.02 Å². The third-order valence-electron chi connectivity index (χ3n) is 5.52. The fourth-order valence-corrected chi connectivity index (χ4v) is 4.20. The number of hydrogen-bond donors (Lipinski definition) is 2. The maximum Gasteiger partial charge on any atom is 0.126 e. The molecule has 22 heavy (non-hydrogen) atoms. The summed E-state index contributed by atoms with van der Waals surface area (Å²) in [6.45, 7) is 4.14. The lowest BCUT2D eigenvalue weighted by atomic mass is 9.62. The van der Waals surface area contributed by atoms with Gasteiger partial charge >= 0.3 is 0 Å². The lowest BCUT2D eigenvalue weighted by molar-refractivity contribution is -0.0804. The van der Waals surface area contributed by atoms with Crippen LogP contribution in [0, 0.1) is 11.7 Å². The first kappa shape index (κ1) is 17.7. The van der Waals surface area contributed by atoms with Crippen LogP contribution in [0.5, 0.6) is 0 Å². The molecule has 1 aliphatic rings. The molecule has 0 spiro atoms. The van der Waals surface area contributed by atoms with Crippen LogP contribution in [0.1, 0.15) is 57.9 Å². The highest BCUT2D eigenvalue weighted by atomic mass is 35.5. The van der Waals surface area contributed by atoms with Gasteiger partial charge in [-0.1, -0.05) is 38.3 Å². The second kappa shape index (κ2) is 6.86. The summed E-state index contributed by atoms with van der Waals surface area (Å²) in [5.41, 5.74) is 5.72. The van der Waals surface area contributed by atoms with E-state index in [4.69, 9.17) is 17.3 Å². The molecule has 0 unspecified atom stereocenters. The Kier molecular flexibility index (Phi) is 5.52. The van der Waals surface area contributed by atoms with E-state index in [1.807, 2.05) is 0 Å². The lowest BCUT2D eigenvalue weighted by Gasteiger charge is -2.49. The van der Waals surface area contributed by atoms with Gasteiger partial charge in [-0.25, -0.2) is 4.39 Å². The normalized spacial score (nSPS) is 26.2. The molecule has 1 aromatic carbocycles. The summed E-state index contributed by atoms with van der Waals surface area (Å²) in [7, 11) is 0. The summed E-state index contributed by atoms with van der Waals surface area (Å²) < 4.78 is 14.1. The number of benzene rings is 1. The molecule has 0 saturated heterocycles. The number of rotatable bonds is 5. The summed E-state index contributed by atoms with van der Waals surface area (Å²) in [6, 6.07) is 4.53. The van der Waals surface area contributed by atoms with Crippen molar-refractivity contribution in [2.24, 2.45) is 11.7 Å². The van der Waals surface area contributed by atoms with Gasteiger partial charge in [0.1, 0.15) is 5.82 Å². The average molecular weight is 328 g/mol. The van der Waals surface area contributed by atoms with Crippen LogP contribution >= 0.6 is 11.6 Å². The van der Waals surface area contributed by atoms with Gasteiger partial charge in [0.05, 0.1) is 5.60 Å². The Balaban J connectivity index is 2.33. The lowest BCUT2D eigenvalue weighted by Crippen LogP contribution is -2.58. The smallest absolute Gasteiger partial charge is 0.126 e. The van der Waals surface area contributed by atoms with E-state index < -0.39 is 11.1 Å². The van der Waals surface area contributed by atoms with Crippen LogP contribution in [0.4, 0.5) is 4.39 Å². The molecule has 0 aliphatic heterocycles. The first-order valence-corrected chi connectivity index (χ1v) is 8.67. The molecule has 124 valence electrons. The Morgan fingerprint density at radius 2 is 2.05 bits per heavy atom. The minimum Gasteiger partial charge on any atom is -0.389 e. The molecule has 2 rings (SSSR count). The topological polar surface area (TPSA) is 46.2 Å². The van der Waals surface area contributed by atoms with Crippen molar-refractivity contribution in [2.75, 3.05) is 0 Å². The number of hydrogen-bond acceptors (Lipinski definition) is 2. The fourth-order valence-electron chi connectivity index (χ4n) is 4.01. The van der Waals surface area contributed by atoms with Crippen molar-refractivity contribution in [3.05, 3.63) is 34.6 Å². The fraction of sp³-hybridized carbons (Fsp3) is 0.667. The summed E-state index contributed by atoms with van der Waals surface area (Å²) in [4.78, 5) is 0. The molecule has 4 heteroatoms. The Morgan fingerprint density at radius 3 is 2.68 bits per heavy atom. The molecular formula is C18H27ClFNO. The second-order valence-electron chi connectivity index (χ2n) is 6.75. The number of nitrogens with two attached hydrogens (primary N) is 1. The molecule has 3 N–H and O–H groups in total. The van der Waals surface area contributed by atoms with Gasteiger partial charge in [-0.15, -0.1) is 0 Å². The third-order valence-corrected chi connectivity index (χ3v) is 5.75. The van der Waals surface area contributed by atoms with Gasteiger partial charge in [0.2, 0.25) is 0 Å². The number of halogens is 2. The Hall–Kier alpha value is -0.640. The minimum atomic E-state index is -0.954. The van der Waals surface area contributed by atoms with Crippen molar-refractivity contribution in [1.29, 1.82) is 0 Å². The molecule has 1 aromatic rings. The summed E-state index contributed by atoms with van der Waals surface area (Å²) in [6.07, 6.45) is 5.51. The first-order chi connectivity index (χ1) is 10.3. The molecule has 0 radical (unpaired) electrons. The van der Waals surface area contributed by atoms with E-state index in [-0.39, 0.29) is 18.2 Å². The highest BCUT2D eigenvalue weighted by Crippen LogP contribution is 2.44. The van der Waals surface area contributed by atoms with Crippen molar-refractivity contribution in [1.82, 2.24) is 0 Å². The highest BCUT2D eigenvalue weighted by Gasteiger charge is 2.47. The Labute approximate surface area is 137 Å². The molecule has 2 atom stereocenters. The van der Waals surface area contributed by atoms with Gasteiger partial charge in [-0.2, -0.15) is 0 Å². The summed E-state index contributed by atoms with van der Waals surface area (Å²) in [5.74, 6) is -0.320. The Morgan fingerprint density at radius 1 is 1.36 bits per heavy atom. The van der Waals surface area contributed by atoms with Gasteiger partial charge in [0.25, 0.3) is 0 Å². The van der Waals surface area contributed by atoms with E-state index in [9.17, 15) is 9.50 Å². The molecular weight excluding hydrogens is 301 g/mol. The highest BCUT2D eigenvalue weighted by molar-refractivity contribution is 6.30. The van der Waals surface area contributed by atoms with E-state index >= 15 is 0 Å². The standard InChI is InChI=1S/C18H27ClFNO/c1-3-17(21,4-2)16-7-5-6-10-18(16,22)12-13-11-14(19)8-9-15(13)20/h8-9,11,16,22H,3-7,10,12,21H2,1-2H3/t16-,18-/m1/s1. The maximum absolute atomic E-state index is 14.1. The minimum absolute atomic E-state index is 0.0119. The molecule has 1 saturated carbocycles. The largest absolute Gasteiger partial charge is 0.389 e. The zero-order valence-electron chi connectivity index (χ0n) is 13.5. The van der Waals surface area contributed by atoms with E-state index in [0.29, 0.717) is 17.0 Å². The predicted molar refractivity (Wildman–Crippen MR) is 89.5 cm³/mol. The van der Waals surface area contributed by atoms with Crippen molar-refractivity contribution in [2.45, 2.75) is 69.9 Å². The molecule has 2 nitrogen and oxygen atoms in total. The molecule has 0 amide bonds. The SMILES string of the molecule is CCC(N)(CC)[C@H]1CCCC[C@@]1(O)Cc1cc(Cl)ccc1F. The van der Waals surface area contributed by atoms with Crippen molar-refractivity contribution >= 4 is 11.6 Å². The first-order valence-electron chi connectivity index (χ1n) is 8.30. The van der Waals surface area contributed by atoms with Crippen molar-refractivity contribution in [3.8, 4) is 0 Å². The van der Waals surface area contributed by atoms with E-state index in [2.05, 4.69) is 13.8 Å². The van der Waals surface area contributed by atoms with Crippen molar-refractivity contribution in [3.63, 3.8) is 0 Å². The van der Waals surface area contributed by atoms with Crippen LogP contribution in [0.3, 0.4) is 0 Å². The molecule has 0 bridgehead atoms. The van der Waals surface area contributed by atoms with Crippen LogP contribution in [0.25, 0.3) is 0 Å². The summed E-state index contributed by atoms with van der Waals surface area (Å²) in [5, 5.41) is 11.8. The van der Waals surface area contributed by atoms with Gasteiger partial charge in [-0.3, -0.25) is 0 Å². The zero-order chi connectivity index (χ0) is 16.4. The molecule has 1 fully saturated rings. The van der Waals surface area contributed by atoms with Gasteiger partial charge in [0, 0.05) is 22.9 Å². The quantitative estimate of drug-likeness (QED) is 0.838. The molecule has 1 aliphatic carbocycles. The monoisotopic (exact) mass is 327 g/mol. The van der Waals surface area contributed by atoms with Crippen LogP contribution < -0.4 is 5.73 Å². The third kappa shape index (κ3) is 3.47. The van der Waals surface area contributed by atoms with Gasteiger partial charge in [-0.05, 0) is 49.4 Å². The van der Waals surface area contributed by atoms with Crippen LogP contribution in [-0.2, 0) is 6.42 Å². The number of aliphatic hydroxyl groups is 1. The maximum atomic E-state index is 14.1. The van der Waals surface area contributed by atoms with E-state index in [1.165, 1.54) is 12.1 Å². The molecule has 0 heterocycles. The van der Waals surface area contributed by atoms with Gasteiger partial charge in [0.15, 0.2) is 0 Å². The van der Waals surface area contributed by atoms with E-state index in [1.54, 1.807) is 6.07 Å².